The Bertz CT molecular complexity index is 2780. The van der Waals surface area contributed by atoms with Crippen LogP contribution < -0.4 is 26.6 Å². The summed E-state index contributed by atoms with van der Waals surface area (Å²) in [5, 5.41) is 36.2. The Labute approximate surface area is 608 Å². The first-order valence-electron chi connectivity index (χ1n) is 36.5. The lowest BCUT2D eigenvalue weighted by Gasteiger charge is -2.42. The maximum absolute atomic E-state index is 15.6. The van der Waals surface area contributed by atoms with Gasteiger partial charge in [-0.1, -0.05) is 130 Å². The molecule has 28 heteroatoms. The highest BCUT2D eigenvalue weighted by Crippen LogP contribution is 2.32. The Morgan fingerprint density at radius 3 is 1.37 bits per heavy atom. The molecule has 0 aromatic carbocycles. The second-order valence-corrected chi connectivity index (χ2v) is 32.9. The third-order valence-corrected chi connectivity index (χ3v) is 20.6. The van der Waals surface area contributed by atoms with E-state index in [0.29, 0.717) is 32.2 Å². The molecule has 0 bridgehead atoms. The largest absolute Gasteiger partial charge is 0.481 e. The number of nitrogens with zero attached hydrogens (tertiary/aromatic N) is 7. The van der Waals surface area contributed by atoms with Crippen molar-refractivity contribution in [1.29, 1.82) is 0 Å². The van der Waals surface area contributed by atoms with Crippen molar-refractivity contribution < 1.29 is 72.5 Å². The van der Waals surface area contributed by atoms with Crippen molar-refractivity contribution in [2.24, 2.45) is 41.4 Å². The molecule has 1 aliphatic rings. The fourth-order valence-electron chi connectivity index (χ4n) is 12.7. The van der Waals surface area contributed by atoms with Crippen LogP contribution in [0, 0.1) is 41.4 Å². The minimum atomic E-state index is -1.70. The van der Waals surface area contributed by atoms with Gasteiger partial charge in [0.2, 0.25) is 70.9 Å². The first kappa shape index (κ1) is 92.4. The summed E-state index contributed by atoms with van der Waals surface area (Å²) >= 11 is 1.23. The van der Waals surface area contributed by atoms with Gasteiger partial charge in [-0.25, -0.2) is 0 Å². The molecule has 12 amide bonds. The standard InChI is InChI=1S/C73H132N12O15S/c1-27-51-67(95)83(24)56(40-101-73(18,19)34-33-57(87)88)70(98)79(20)53(37-42(4)5)64(92)78-58(45(10)11)71(99)80(21)52(36-41(2)3)63(91)75-48(15)62(90)76-49(16)66(94)81(22)54(38-43(6)7)68(96)82(23)55(39-44(8)9)69(97)84(25)59(46(12)13)72(100)85(26)60(65(93)77-51)61(89)47(14)32-30-28-29-31-35-74-50(17)86/h41-49,51-56,58-61,89H,27-40H2,1-26H3,(H,74,86)(H,75,91)(H,76,90)(H,77,93)(H,78,92)(H,87,88)/t47-,48+,49-,51+,52+,53+,54+,55+,56-,58+,59+,60+,61-/m1/s1. The maximum atomic E-state index is 15.6. The van der Waals surface area contributed by atoms with Crippen LogP contribution in [0.15, 0.2) is 0 Å². The molecular formula is C73H132N12O15S. The zero-order valence-electron chi connectivity index (χ0n) is 66.1. The quantitative estimate of drug-likeness (QED) is 0.0552. The molecule has 1 rings (SSSR count). The molecule has 1 saturated heterocycles. The molecule has 0 aliphatic carbocycles. The van der Waals surface area contributed by atoms with Gasteiger partial charge in [0.05, 0.1) is 6.10 Å². The molecule has 7 N–H and O–H groups in total. The van der Waals surface area contributed by atoms with E-state index in [1.54, 1.807) is 55.4 Å². The number of aliphatic hydroxyl groups excluding tert-OH is 1. The maximum Gasteiger partial charge on any atom is 0.303 e. The third-order valence-electron chi connectivity index (χ3n) is 19.2. The van der Waals surface area contributed by atoms with E-state index in [2.05, 4.69) is 26.6 Å². The number of aliphatic hydroxyl groups is 1. The number of carboxylic acid groups (broad SMARTS) is 1. The van der Waals surface area contributed by atoms with E-state index < -0.39 is 166 Å². The van der Waals surface area contributed by atoms with Crippen LogP contribution in [0.5, 0.6) is 0 Å². The van der Waals surface area contributed by atoms with Gasteiger partial charge in [-0.3, -0.25) is 62.3 Å². The summed E-state index contributed by atoms with van der Waals surface area (Å²) in [7, 11) is 9.86. The Hall–Kier alpha value is -6.58. The Morgan fingerprint density at radius 2 is 0.901 bits per heavy atom. The Kier molecular flexibility index (Phi) is 39.2. The van der Waals surface area contributed by atoms with E-state index in [9.17, 15) is 39.0 Å². The molecular weight excluding hydrogens is 1320 g/mol. The Morgan fingerprint density at radius 1 is 0.485 bits per heavy atom. The van der Waals surface area contributed by atoms with Crippen molar-refractivity contribution in [1.82, 2.24) is 60.9 Å². The number of carboxylic acids is 1. The number of carbonyl (C=O) groups is 13. The summed E-state index contributed by atoms with van der Waals surface area (Å²) < 4.78 is -0.780. The fraction of sp³-hybridized carbons (Fsp3) is 0.822. The number of amides is 12. The average molecular weight is 1450 g/mol. The summed E-state index contributed by atoms with van der Waals surface area (Å²) in [6, 6.07) is -14.5. The van der Waals surface area contributed by atoms with Crippen molar-refractivity contribution in [3.05, 3.63) is 0 Å². The average Bonchev–Trinajstić information content (AvgIpc) is 0.809. The number of likely N-dealkylation sites (N-methyl/N-ethyl adjacent to an activating group) is 7. The minimum absolute atomic E-state index is 0.0673. The van der Waals surface area contributed by atoms with E-state index in [4.69, 9.17) is 0 Å². The van der Waals surface area contributed by atoms with Crippen LogP contribution in [0.2, 0.25) is 0 Å². The van der Waals surface area contributed by atoms with Gasteiger partial charge in [-0.15, -0.1) is 0 Å². The van der Waals surface area contributed by atoms with Gasteiger partial charge in [-0.2, -0.15) is 11.8 Å². The van der Waals surface area contributed by atoms with Gasteiger partial charge in [0, 0.05) is 79.7 Å². The molecule has 580 valence electrons. The molecule has 1 fully saturated rings. The number of hydrogen-bond donors (Lipinski definition) is 7. The van der Waals surface area contributed by atoms with Crippen molar-refractivity contribution in [3.63, 3.8) is 0 Å². The number of hydrogen-bond acceptors (Lipinski definition) is 15. The number of aliphatic carboxylic acids is 1. The molecule has 1 aliphatic heterocycles. The zero-order chi connectivity index (χ0) is 78.2. The summed E-state index contributed by atoms with van der Waals surface area (Å²) in [5.41, 5.74) is 0. The molecule has 0 unspecified atom stereocenters. The van der Waals surface area contributed by atoms with E-state index in [0.717, 1.165) is 11.3 Å². The van der Waals surface area contributed by atoms with Gasteiger partial charge in [0.15, 0.2) is 0 Å². The summed E-state index contributed by atoms with van der Waals surface area (Å²) in [5.74, 6) is -11.9. The van der Waals surface area contributed by atoms with E-state index in [1.165, 1.54) is 111 Å². The molecule has 0 radical (unpaired) electrons. The Balaban J connectivity index is 4.61. The molecule has 0 aromatic heterocycles. The van der Waals surface area contributed by atoms with Gasteiger partial charge in [0.25, 0.3) is 0 Å². The fourth-order valence-corrected chi connectivity index (χ4v) is 13.9. The van der Waals surface area contributed by atoms with Crippen LogP contribution in [-0.4, -0.2) is 260 Å². The normalized spacial score (nSPS) is 25.3. The van der Waals surface area contributed by atoms with Crippen molar-refractivity contribution >= 4 is 88.6 Å². The third kappa shape index (κ3) is 28.5. The predicted molar refractivity (Wildman–Crippen MR) is 393 cm³/mol. The monoisotopic (exact) mass is 1450 g/mol. The zero-order valence-corrected chi connectivity index (χ0v) is 66.9. The van der Waals surface area contributed by atoms with E-state index in [1.807, 2.05) is 55.4 Å². The number of unbranched alkanes of at least 4 members (excludes halogenated alkanes) is 3. The van der Waals surface area contributed by atoms with Crippen LogP contribution in [0.25, 0.3) is 0 Å². The van der Waals surface area contributed by atoms with E-state index in [-0.39, 0.29) is 80.3 Å². The molecule has 0 aromatic rings. The molecule has 0 spiro atoms. The van der Waals surface area contributed by atoms with Gasteiger partial charge >= 0.3 is 5.97 Å². The summed E-state index contributed by atoms with van der Waals surface area (Å²) in [6.07, 6.45) is 1.89. The van der Waals surface area contributed by atoms with Gasteiger partial charge in [-0.05, 0) is 107 Å². The second kappa shape index (κ2) is 42.9. The van der Waals surface area contributed by atoms with Crippen molar-refractivity contribution in [2.75, 3.05) is 61.6 Å². The van der Waals surface area contributed by atoms with Crippen LogP contribution in [0.4, 0.5) is 0 Å². The lowest BCUT2D eigenvalue weighted by Crippen LogP contribution is -2.64. The minimum Gasteiger partial charge on any atom is -0.481 e. The van der Waals surface area contributed by atoms with Crippen molar-refractivity contribution in [2.45, 2.75) is 286 Å². The predicted octanol–water partition coefficient (Wildman–Crippen LogP) is 5.13. The molecule has 1 heterocycles. The topological polar surface area (TPSA) is 345 Å². The van der Waals surface area contributed by atoms with Crippen LogP contribution >= 0.6 is 11.8 Å². The lowest BCUT2D eigenvalue weighted by molar-refractivity contribution is -0.157. The number of nitrogens with one attached hydrogen (secondary N) is 5. The SMILES string of the molecule is CC[C@@H]1NC(=O)[C@H]([C@H](O)[C@H](C)CCCCCCNC(C)=O)N(C)C(=O)[C@H](C(C)C)N(C)C(=O)[C@H](CC(C)C)N(C)C(=O)[C@H](CC(C)C)N(C)C(=O)[C@@H](C)NC(=O)[C@H](C)NC(=O)[C@H](CC(C)C)N(C)C(=O)[C@H](C(C)C)NC(=O)[C@H](CC(C)C)N(C)C(=O)[C@@H](CSC(C)(C)CCC(=O)O)N(C)C1=O. The highest BCUT2D eigenvalue weighted by atomic mass is 32.2. The summed E-state index contributed by atoms with van der Waals surface area (Å²) in [4.78, 5) is 197. The number of carbonyl (C=O) groups excluding carboxylic acids is 12. The highest BCUT2D eigenvalue weighted by molar-refractivity contribution is 8.00. The highest BCUT2D eigenvalue weighted by Gasteiger charge is 2.47. The van der Waals surface area contributed by atoms with Crippen molar-refractivity contribution in [3.8, 4) is 0 Å². The van der Waals surface area contributed by atoms with Crippen LogP contribution in [-0.2, 0) is 62.3 Å². The van der Waals surface area contributed by atoms with Gasteiger partial charge in [0.1, 0.15) is 66.5 Å². The molecule has 101 heavy (non-hydrogen) atoms. The van der Waals surface area contributed by atoms with Crippen LogP contribution in [0.3, 0.4) is 0 Å². The number of thioether (sulfide) groups is 1. The second-order valence-electron chi connectivity index (χ2n) is 31.2. The first-order chi connectivity index (χ1) is 46.6. The molecule has 27 nitrogen and oxygen atoms in total. The number of rotatable bonds is 26. The van der Waals surface area contributed by atoms with E-state index >= 15 is 33.6 Å². The summed E-state index contributed by atoms with van der Waals surface area (Å²) in [6.45, 7) is 33.4. The molecule has 13 atom stereocenters. The molecule has 0 saturated carbocycles. The van der Waals surface area contributed by atoms with Crippen LogP contribution in [0.1, 0.15) is 209 Å². The van der Waals surface area contributed by atoms with Gasteiger partial charge < -0.3 is 71.1 Å². The smallest absolute Gasteiger partial charge is 0.303 e. The first-order valence-corrected chi connectivity index (χ1v) is 37.4. The lowest BCUT2D eigenvalue weighted by atomic mass is 9.90.